The molecule has 1 atom stereocenters. The second-order valence-corrected chi connectivity index (χ2v) is 15.4. The molecule has 0 spiro atoms. The summed E-state index contributed by atoms with van der Waals surface area (Å²) in [4.78, 5) is 49.0. The van der Waals surface area contributed by atoms with Crippen LogP contribution in [0.5, 0.6) is 0 Å². The van der Waals surface area contributed by atoms with Crippen molar-refractivity contribution in [2.45, 2.75) is 64.0 Å². The molecule has 0 bridgehead atoms. The third-order valence-electron chi connectivity index (χ3n) is 10.8. The highest BCUT2D eigenvalue weighted by atomic mass is 79.9. The summed E-state index contributed by atoms with van der Waals surface area (Å²) in [5.41, 5.74) is 9.72. The van der Waals surface area contributed by atoms with Crippen LogP contribution >= 0.6 is 31.9 Å². The molecule has 11 heteroatoms. The van der Waals surface area contributed by atoms with Gasteiger partial charge < -0.3 is 30.7 Å². The average molecular weight is 759 g/mol. The minimum Gasteiger partial charge on any atom is -0.397 e. The SMILES string of the molecule is CN1CCC(C2CCN(C(=O)C(CC(=O)N3CCC(N4Cc5ccccc5NC4=O)CC3)Cc3cc(Br)c(N)c(Br)c3)CC2)CC1. The first-order chi connectivity index (χ1) is 22.2. The number of benzene rings is 2. The molecule has 4 heterocycles. The van der Waals surface area contributed by atoms with Gasteiger partial charge in [0.15, 0.2) is 0 Å². The fourth-order valence-corrected chi connectivity index (χ4v) is 9.20. The van der Waals surface area contributed by atoms with Crippen LogP contribution in [0.1, 0.15) is 56.1 Å². The van der Waals surface area contributed by atoms with E-state index in [1.807, 2.05) is 51.1 Å². The number of hydrogen-bond acceptors (Lipinski definition) is 5. The second-order valence-electron chi connectivity index (χ2n) is 13.7. The van der Waals surface area contributed by atoms with E-state index in [4.69, 9.17) is 5.73 Å². The predicted octanol–water partition coefficient (Wildman–Crippen LogP) is 5.96. The van der Waals surface area contributed by atoms with Gasteiger partial charge in [0, 0.05) is 59.8 Å². The molecule has 0 saturated carbocycles. The maximum atomic E-state index is 14.1. The van der Waals surface area contributed by atoms with Crippen molar-refractivity contribution in [2.24, 2.45) is 17.8 Å². The summed E-state index contributed by atoms with van der Waals surface area (Å²) < 4.78 is 1.56. The van der Waals surface area contributed by atoms with Gasteiger partial charge in [-0.2, -0.15) is 0 Å². The Balaban J connectivity index is 1.09. The number of rotatable bonds is 7. The predicted molar refractivity (Wildman–Crippen MR) is 188 cm³/mol. The maximum Gasteiger partial charge on any atom is 0.322 e. The minimum absolute atomic E-state index is 0.0139. The van der Waals surface area contributed by atoms with Crippen LogP contribution in [0.25, 0.3) is 0 Å². The first-order valence-corrected chi connectivity index (χ1v) is 18.4. The second kappa shape index (κ2) is 14.6. The van der Waals surface area contributed by atoms with Crippen molar-refractivity contribution < 1.29 is 14.4 Å². The molecule has 3 N–H and O–H groups in total. The third kappa shape index (κ3) is 7.57. The molecule has 3 saturated heterocycles. The van der Waals surface area contributed by atoms with Crippen LogP contribution < -0.4 is 11.1 Å². The normalized spacial score (nSPS) is 21.2. The highest BCUT2D eigenvalue weighted by Crippen LogP contribution is 2.35. The van der Waals surface area contributed by atoms with E-state index in [-0.39, 0.29) is 30.3 Å². The number of piperidine rings is 3. The average Bonchev–Trinajstić information content (AvgIpc) is 3.06. The molecule has 2 aromatic carbocycles. The lowest BCUT2D eigenvalue weighted by Gasteiger charge is -2.41. The molecule has 248 valence electrons. The Morgan fingerprint density at radius 3 is 2.13 bits per heavy atom. The molecule has 1 unspecified atom stereocenters. The fourth-order valence-electron chi connectivity index (χ4n) is 7.92. The molecular weight excluding hydrogens is 712 g/mol. The first kappa shape index (κ1) is 33.3. The number of fused-ring (bicyclic) bond motifs is 1. The van der Waals surface area contributed by atoms with Gasteiger partial charge in [0.05, 0.1) is 11.6 Å². The Hall–Kier alpha value is -2.63. The van der Waals surface area contributed by atoms with Crippen molar-refractivity contribution >= 4 is 61.1 Å². The smallest absolute Gasteiger partial charge is 0.322 e. The van der Waals surface area contributed by atoms with Crippen LogP contribution in [0.4, 0.5) is 16.2 Å². The molecule has 4 aliphatic heterocycles. The topological polar surface area (TPSA) is 102 Å². The quantitative estimate of drug-likeness (QED) is 0.340. The van der Waals surface area contributed by atoms with Crippen LogP contribution in [0, 0.1) is 17.8 Å². The number of urea groups is 1. The van der Waals surface area contributed by atoms with E-state index in [9.17, 15) is 14.4 Å². The molecule has 0 aromatic heterocycles. The van der Waals surface area contributed by atoms with E-state index in [1.165, 1.54) is 12.8 Å². The van der Waals surface area contributed by atoms with Crippen molar-refractivity contribution in [3.8, 4) is 0 Å². The highest BCUT2D eigenvalue weighted by molar-refractivity contribution is 9.11. The number of anilines is 2. The first-order valence-electron chi connectivity index (χ1n) is 16.8. The number of nitrogens with two attached hydrogens (primary N) is 1. The van der Waals surface area contributed by atoms with Crippen molar-refractivity contribution in [1.82, 2.24) is 19.6 Å². The van der Waals surface area contributed by atoms with E-state index in [0.29, 0.717) is 37.7 Å². The van der Waals surface area contributed by atoms with E-state index < -0.39 is 5.92 Å². The Morgan fingerprint density at radius 1 is 0.891 bits per heavy atom. The zero-order valence-electron chi connectivity index (χ0n) is 26.7. The molecule has 46 heavy (non-hydrogen) atoms. The molecular formula is C35H46Br2N6O3. The van der Waals surface area contributed by atoms with Gasteiger partial charge >= 0.3 is 6.03 Å². The van der Waals surface area contributed by atoms with Crippen molar-refractivity contribution in [3.63, 3.8) is 0 Å². The zero-order chi connectivity index (χ0) is 32.4. The van der Waals surface area contributed by atoms with Crippen molar-refractivity contribution in [1.29, 1.82) is 0 Å². The Kier molecular flexibility index (Phi) is 10.6. The van der Waals surface area contributed by atoms with Crippen molar-refractivity contribution in [3.05, 3.63) is 56.5 Å². The highest BCUT2D eigenvalue weighted by Gasteiger charge is 2.36. The fraction of sp³-hybridized carbons (Fsp3) is 0.571. The molecule has 2 aromatic rings. The van der Waals surface area contributed by atoms with Crippen LogP contribution in [-0.2, 0) is 22.6 Å². The maximum absolute atomic E-state index is 14.1. The summed E-state index contributed by atoms with van der Waals surface area (Å²) in [6.07, 6.45) is 6.68. The van der Waals surface area contributed by atoms with Gasteiger partial charge in [0.25, 0.3) is 0 Å². The van der Waals surface area contributed by atoms with Crippen molar-refractivity contribution in [2.75, 3.05) is 57.4 Å². The van der Waals surface area contributed by atoms with Gasteiger partial charge in [-0.1, -0.05) is 18.2 Å². The Morgan fingerprint density at radius 2 is 1.48 bits per heavy atom. The summed E-state index contributed by atoms with van der Waals surface area (Å²) in [5, 5.41) is 3.02. The molecule has 9 nitrogen and oxygen atoms in total. The lowest BCUT2D eigenvalue weighted by atomic mass is 9.78. The van der Waals surface area contributed by atoms with Gasteiger partial charge in [-0.15, -0.1) is 0 Å². The number of nitrogens with one attached hydrogen (secondary N) is 1. The molecule has 4 aliphatic rings. The number of amides is 4. The Bertz CT molecular complexity index is 1410. The van der Waals surface area contributed by atoms with Gasteiger partial charge in [-0.05, 0) is 138 Å². The number of carbonyl (C=O) groups is 3. The molecule has 0 radical (unpaired) electrons. The largest absolute Gasteiger partial charge is 0.397 e. The van der Waals surface area contributed by atoms with Gasteiger partial charge in [0.2, 0.25) is 11.8 Å². The monoisotopic (exact) mass is 756 g/mol. The number of carbonyl (C=O) groups excluding carboxylic acids is 3. The number of hydrogen-bond donors (Lipinski definition) is 2. The minimum atomic E-state index is -0.447. The summed E-state index contributed by atoms with van der Waals surface area (Å²) in [6, 6.07) is 11.8. The lowest BCUT2D eigenvalue weighted by molar-refractivity contribution is -0.143. The van der Waals surface area contributed by atoms with E-state index in [2.05, 4.69) is 49.1 Å². The van der Waals surface area contributed by atoms with Gasteiger partial charge in [-0.3, -0.25) is 9.59 Å². The summed E-state index contributed by atoms with van der Waals surface area (Å²) in [7, 11) is 2.20. The number of halogens is 2. The molecule has 0 aliphatic carbocycles. The van der Waals surface area contributed by atoms with Crippen LogP contribution in [0.3, 0.4) is 0 Å². The summed E-state index contributed by atoms with van der Waals surface area (Å²) in [6.45, 7) is 5.60. The lowest BCUT2D eigenvalue weighted by Crippen LogP contribution is -2.51. The molecule has 6 rings (SSSR count). The number of nitrogen functional groups attached to an aromatic ring is 1. The molecule has 4 amide bonds. The summed E-state index contributed by atoms with van der Waals surface area (Å²) >= 11 is 7.11. The zero-order valence-corrected chi connectivity index (χ0v) is 29.9. The van der Waals surface area contributed by atoms with E-state index in [1.54, 1.807) is 0 Å². The third-order valence-corrected chi connectivity index (χ3v) is 12.1. The van der Waals surface area contributed by atoms with Gasteiger partial charge in [-0.25, -0.2) is 4.79 Å². The van der Waals surface area contributed by atoms with Crippen LogP contribution in [0.15, 0.2) is 45.3 Å². The Labute approximate surface area is 289 Å². The van der Waals surface area contributed by atoms with Crippen LogP contribution in [0.2, 0.25) is 0 Å². The molecule has 3 fully saturated rings. The van der Waals surface area contributed by atoms with Gasteiger partial charge in [0.1, 0.15) is 0 Å². The number of para-hydroxylation sites is 1. The number of nitrogens with zero attached hydrogens (tertiary/aromatic N) is 4. The summed E-state index contributed by atoms with van der Waals surface area (Å²) in [5.74, 6) is 1.08. The standard InChI is InChI=1S/C35H46Br2N6O3/c1-40-12-6-24(7-13-40)25-8-14-42(15-9-25)34(45)27(18-23-19-29(36)33(38)30(37)20-23)21-32(44)41-16-10-28(11-17-41)43-22-26-4-2-3-5-31(26)39-35(43)46/h2-5,19-20,24-25,27-28H,6-18,21-22,38H2,1H3,(H,39,46). The van der Waals surface area contributed by atoms with Crippen LogP contribution in [-0.4, -0.2) is 89.8 Å². The van der Waals surface area contributed by atoms with E-state index >= 15 is 0 Å². The number of likely N-dealkylation sites (tertiary alicyclic amines) is 3. The van der Waals surface area contributed by atoms with E-state index in [0.717, 1.165) is 83.5 Å².